The Morgan fingerprint density at radius 2 is 2.12 bits per heavy atom. The average molecular weight is 366 g/mol. The van der Waals surface area contributed by atoms with Gasteiger partial charge in [0.1, 0.15) is 5.82 Å². The Balaban J connectivity index is 2.02. The monoisotopic (exact) mass is 365 g/mol. The normalized spacial score (nSPS) is 16.8. The number of piperidine rings is 1. The van der Waals surface area contributed by atoms with E-state index in [1.54, 1.807) is 25.1 Å². The maximum Gasteiger partial charge on any atom is 0.404 e. The molecule has 1 aromatic carbocycles. The third-order valence-electron chi connectivity index (χ3n) is 4.34. The van der Waals surface area contributed by atoms with Crippen LogP contribution in [0.1, 0.15) is 31.6 Å². The highest BCUT2D eigenvalue weighted by molar-refractivity contribution is 6.35. The number of hydrogen-bond donors (Lipinski definition) is 3. The summed E-state index contributed by atoms with van der Waals surface area (Å²) in [5.74, 6) is 0.462. The summed E-state index contributed by atoms with van der Waals surface area (Å²) < 4.78 is 1.50. The van der Waals surface area contributed by atoms with Crippen LogP contribution in [0.5, 0.6) is 0 Å². The van der Waals surface area contributed by atoms with Gasteiger partial charge in [-0.1, -0.05) is 17.7 Å². The first-order valence-electron chi connectivity index (χ1n) is 8.10. The summed E-state index contributed by atoms with van der Waals surface area (Å²) in [5, 5.41) is 13.9. The van der Waals surface area contributed by atoms with Crippen LogP contribution in [0.2, 0.25) is 5.02 Å². The number of nitrogens with zero attached hydrogens (tertiary/aromatic N) is 3. The topological polar surface area (TPSA) is 113 Å². The Hall–Kier alpha value is -2.32. The number of hydrogen-bond acceptors (Lipinski definition) is 5. The zero-order valence-corrected chi connectivity index (χ0v) is 14.5. The van der Waals surface area contributed by atoms with Crippen LogP contribution >= 0.6 is 11.6 Å². The third-order valence-corrected chi connectivity index (χ3v) is 4.65. The van der Waals surface area contributed by atoms with Crippen LogP contribution in [-0.2, 0) is 0 Å². The largest absolute Gasteiger partial charge is 0.465 e. The summed E-state index contributed by atoms with van der Waals surface area (Å²) in [7, 11) is 0. The van der Waals surface area contributed by atoms with Crippen molar-refractivity contribution in [3.05, 3.63) is 39.4 Å². The molecule has 1 atom stereocenters. The molecule has 9 heteroatoms. The van der Waals surface area contributed by atoms with Crippen molar-refractivity contribution in [1.82, 2.24) is 15.0 Å². The molecular weight excluding hydrogens is 346 g/mol. The molecule has 0 radical (unpaired) electrons. The summed E-state index contributed by atoms with van der Waals surface area (Å²) in [6.07, 6.45) is 0.154. The van der Waals surface area contributed by atoms with Crippen LogP contribution in [0.4, 0.5) is 4.79 Å². The average Bonchev–Trinajstić information content (AvgIpc) is 2.55. The van der Waals surface area contributed by atoms with Crippen molar-refractivity contribution in [3.8, 4) is 0 Å². The molecule has 0 spiro atoms. The molecule has 0 saturated carbocycles. The minimum atomic E-state index is -1.04. The second kappa shape index (κ2) is 6.89. The first kappa shape index (κ1) is 17.5. The molecule has 2 heterocycles. The molecule has 3 rings (SSSR count). The van der Waals surface area contributed by atoms with E-state index in [9.17, 15) is 9.59 Å². The molecule has 1 aliphatic heterocycles. The molecule has 134 valence electrons. The third kappa shape index (κ3) is 3.40. The smallest absolute Gasteiger partial charge is 0.404 e. The number of carbonyl (C=O) groups is 1. The fourth-order valence-corrected chi connectivity index (χ4v) is 3.40. The van der Waals surface area contributed by atoms with E-state index in [0.717, 1.165) is 0 Å². The number of fused-ring (bicyclic) bond motifs is 1. The van der Waals surface area contributed by atoms with Gasteiger partial charge in [-0.15, -0.1) is 0 Å². The van der Waals surface area contributed by atoms with Crippen LogP contribution in [0.15, 0.2) is 23.0 Å². The predicted octanol–water partition coefficient (Wildman–Crippen LogP) is 1.44. The van der Waals surface area contributed by atoms with Gasteiger partial charge in [0.15, 0.2) is 0 Å². The molecule has 1 aliphatic rings. The second-order valence-corrected chi connectivity index (χ2v) is 6.59. The fourth-order valence-electron chi connectivity index (χ4n) is 3.15. The van der Waals surface area contributed by atoms with Crippen molar-refractivity contribution in [2.24, 2.45) is 5.73 Å². The fraction of sp³-hybridized carbons (Fsp3) is 0.438. The maximum absolute atomic E-state index is 13.1. The van der Waals surface area contributed by atoms with Crippen LogP contribution in [-0.4, -0.2) is 40.0 Å². The van der Waals surface area contributed by atoms with Gasteiger partial charge in [-0.3, -0.25) is 4.79 Å². The van der Waals surface area contributed by atoms with E-state index in [1.165, 1.54) is 4.68 Å². The number of rotatable bonds is 3. The zero-order chi connectivity index (χ0) is 18.1. The highest BCUT2D eigenvalue weighted by Gasteiger charge is 2.25. The second-order valence-electron chi connectivity index (χ2n) is 6.19. The minimum absolute atomic E-state index is 0.125. The van der Waals surface area contributed by atoms with Gasteiger partial charge in [-0.25, -0.2) is 14.5 Å². The number of halogens is 1. The summed E-state index contributed by atoms with van der Waals surface area (Å²) >= 11 is 6.21. The van der Waals surface area contributed by atoms with Gasteiger partial charge in [0.05, 0.1) is 22.0 Å². The van der Waals surface area contributed by atoms with E-state index in [-0.39, 0.29) is 11.6 Å². The molecule has 0 bridgehead atoms. The molecule has 0 aliphatic carbocycles. The zero-order valence-electron chi connectivity index (χ0n) is 13.8. The number of amides is 1. The molecule has 2 aromatic rings. The first-order chi connectivity index (χ1) is 11.9. The van der Waals surface area contributed by atoms with E-state index in [1.807, 2.05) is 5.01 Å². The first-order valence-corrected chi connectivity index (χ1v) is 8.47. The molecule has 1 saturated heterocycles. The van der Waals surface area contributed by atoms with Gasteiger partial charge in [0.2, 0.25) is 0 Å². The van der Waals surface area contributed by atoms with Crippen molar-refractivity contribution in [2.45, 2.75) is 31.8 Å². The van der Waals surface area contributed by atoms with Gasteiger partial charge in [0.25, 0.3) is 5.56 Å². The van der Waals surface area contributed by atoms with Crippen molar-refractivity contribution in [2.75, 3.05) is 18.1 Å². The van der Waals surface area contributed by atoms with Crippen molar-refractivity contribution in [3.63, 3.8) is 0 Å². The molecule has 1 aromatic heterocycles. The van der Waals surface area contributed by atoms with E-state index in [2.05, 4.69) is 10.3 Å². The lowest BCUT2D eigenvalue weighted by Crippen LogP contribution is -2.53. The Labute approximate surface area is 149 Å². The van der Waals surface area contributed by atoms with Crippen molar-refractivity contribution < 1.29 is 9.90 Å². The van der Waals surface area contributed by atoms with Gasteiger partial charge >= 0.3 is 6.09 Å². The Morgan fingerprint density at radius 3 is 2.72 bits per heavy atom. The Kier molecular flexibility index (Phi) is 4.82. The van der Waals surface area contributed by atoms with Crippen LogP contribution in [0, 0.1) is 0 Å². The summed E-state index contributed by atoms with van der Waals surface area (Å²) in [6, 6.07) is 4.58. The quantitative estimate of drug-likeness (QED) is 0.758. The number of nitrogens with one attached hydrogen (secondary N) is 1. The lowest BCUT2D eigenvalue weighted by Gasteiger charge is -2.35. The molecular formula is C16H20ClN5O3. The van der Waals surface area contributed by atoms with Crippen LogP contribution in [0.3, 0.4) is 0 Å². The lowest BCUT2D eigenvalue weighted by molar-refractivity contribution is 0.186. The van der Waals surface area contributed by atoms with Crippen LogP contribution in [0.25, 0.3) is 10.9 Å². The van der Waals surface area contributed by atoms with E-state index in [0.29, 0.717) is 47.7 Å². The van der Waals surface area contributed by atoms with Crippen LogP contribution < -0.4 is 21.6 Å². The lowest BCUT2D eigenvalue weighted by atomic mass is 10.1. The molecule has 1 amide bonds. The van der Waals surface area contributed by atoms with E-state index >= 15 is 0 Å². The van der Waals surface area contributed by atoms with Gasteiger partial charge in [-0.2, -0.15) is 0 Å². The molecule has 4 N–H and O–H groups in total. The SMILES string of the molecule is C[C@H](N)c1nc2cccc(Cl)c2c(=O)n1N1CCC(NC(=O)O)CC1. The molecule has 25 heavy (non-hydrogen) atoms. The summed E-state index contributed by atoms with van der Waals surface area (Å²) in [5.41, 5.74) is 6.30. The maximum atomic E-state index is 13.1. The summed E-state index contributed by atoms with van der Waals surface area (Å²) in [6.45, 7) is 2.80. The van der Waals surface area contributed by atoms with Gasteiger partial charge < -0.3 is 21.2 Å². The number of carboxylic acid groups (broad SMARTS) is 1. The number of benzene rings is 1. The Morgan fingerprint density at radius 1 is 1.44 bits per heavy atom. The molecule has 1 fully saturated rings. The van der Waals surface area contributed by atoms with Crippen molar-refractivity contribution in [1.29, 1.82) is 0 Å². The standard InChI is InChI=1S/C16H20ClN5O3/c1-9(18)14-20-12-4-2-3-11(17)13(12)15(23)22(14)21-7-5-10(6-8-21)19-16(24)25/h2-4,9-10,19H,5-8,18H2,1H3,(H,24,25)/t9-/m0/s1. The minimum Gasteiger partial charge on any atom is -0.465 e. The number of nitrogens with two attached hydrogens (primary N) is 1. The van der Waals surface area contributed by atoms with E-state index < -0.39 is 12.1 Å². The van der Waals surface area contributed by atoms with E-state index in [4.69, 9.17) is 22.4 Å². The predicted molar refractivity (Wildman–Crippen MR) is 95.7 cm³/mol. The summed E-state index contributed by atoms with van der Waals surface area (Å²) in [4.78, 5) is 28.4. The number of aromatic nitrogens is 2. The molecule has 0 unspecified atom stereocenters. The highest BCUT2D eigenvalue weighted by Crippen LogP contribution is 2.21. The van der Waals surface area contributed by atoms with Gasteiger partial charge in [0, 0.05) is 19.1 Å². The Bertz CT molecular complexity index is 859. The van der Waals surface area contributed by atoms with Gasteiger partial charge in [-0.05, 0) is 31.9 Å². The molecule has 8 nitrogen and oxygen atoms in total. The van der Waals surface area contributed by atoms with Crippen molar-refractivity contribution >= 4 is 28.6 Å². The highest BCUT2D eigenvalue weighted by atomic mass is 35.5.